The Morgan fingerprint density at radius 3 is 2.61 bits per heavy atom. The number of alkyl halides is 2. The number of alkyl carbamates (subject to hydrolysis) is 1. The van der Waals surface area contributed by atoms with Crippen molar-refractivity contribution >= 4 is 17.5 Å². The van der Waals surface area contributed by atoms with E-state index in [4.69, 9.17) is 9.47 Å². The van der Waals surface area contributed by atoms with Gasteiger partial charge in [-0.15, -0.1) is 0 Å². The molecule has 3 rings (SSSR count). The van der Waals surface area contributed by atoms with Crippen molar-refractivity contribution in [3.8, 4) is 0 Å². The summed E-state index contributed by atoms with van der Waals surface area (Å²) in [5.41, 5.74) is 0.533. The normalized spacial score (nSPS) is 18.0. The highest BCUT2D eigenvalue weighted by atomic mass is 19.3. The molecule has 2 aromatic rings. The molecule has 1 aliphatic carbocycles. The standard InChI is InChI=1S/C21H28F2N4O4/c1-20(2,3)31-19(29)26-18(13-5-7-21(22,23)8-6-13)15-11-27-17(25-15)9-14(10-24-27)16(28)12-30-4/h9-11,13,18H,5-8,12H2,1-4H3,(H,26,29). The zero-order valence-corrected chi connectivity index (χ0v) is 18.2. The van der Waals surface area contributed by atoms with E-state index in [2.05, 4.69) is 15.4 Å². The Hall–Kier alpha value is -2.62. The molecule has 1 atom stereocenters. The molecule has 0 radical (unpaired) electrons. The molecule has 170 valence electrons. The van der Waals surface area contributed by atoms with Crippen molar-refractivity contribution in [1.29, 1.82) is 0 Å². The number of carbonyl (C=O) groups excluding carboxylic acids is 2. The number of hydrogen-bond acceptors (Lipinski definition) is 6. The number of rotatable bonds is 6. The van der Waals surface area contributed by atoms with Gasteiger partial charge in [-0.05, 0) is 45.6 Å². The number of aromatic nitrogens is 3. The van der Waals surface area contributed by atoms with Crippen molar-refractivity contribution in [2.24, 2.45) is 5.92 Å². The predicted molar refractivity (Wildman–Crippen MR) is 108 cm³/mol. The van der Waals surface area contributed by atoms with Gasteiger partial charge in [0.2, 0.25) is 5.92 Å². The highest BCUT2D eigenvalue weighted by molar-refractivity contribution is 5.97. The van der Waals surface area contributed by atoms with Crippen LogP contribution in [0.15, 0.2) is 18.5 Å². The Kier molecular flexibility index (Phi) is 6.59. The average Bonchev–Trinajstić information content (AvgIpc) is 3.08. The fourth-order valence-corrected chi connectivity index (χ4v) is 3.68. The van der Waals surface area contributed by atoms with E-state index >= 15 is 0 Å². The molecule has 2 aromatic heterocycles. The Morgan fingerprint density at radius 2 is 2.00 bits per heavy atom. The molecule has 1 N–H and O–H groups in total. The summed E-state index contributed by atoms with van der Waals surface area (Å²) in [5, 5.41) is 7.02. The number of halogens is 2. The highest BCUT2D eigenvalue weighted by Crippen LogP contribution is 2.41. The van der Waals surface area contributed by atoms with Crippen LogP contribution in [0.4, 0.5) is 13.6 Å². The molecule has 10 heteroatoms. The first-order chi connectivity index (χ1) is 14.5. The summed E-state index contributed by atoms with van der Waals surface area (Å²) in [5.74, 6) is -3.16. The van der Waals surface area contributed by atoms with Crippen molar-refractivity contribution in [1.82, 2.24) is 19.9 Å². The van der Waals surface area contributed by atoms with Gasteiger partial charge in [0.1, 0.15) is 12.2 Å². The van der Waals surface area contributed by atoms with Crippen molar-refractivity contribution in [3.05, 3.63) is 29.7 Å². The van der Waals surface area contributed by atoms with Crippen LogP contribution in [0.1, 0.15) is 68.5 Å². The molecule has 0 aromatic carbocycles. The topological polar surface area (TPSA) is 94.8 Å². The summed E-state index contributed by atoms with van der Waals surface area (Å²) in [6, 6.07) is 0.961. The van der Waals surface area contributed by atoms with Crippen molar-refractivity contribution in [3.63, 3.8) is 0 Å². The molecule has 31 heavy (non-hydrogen) atoms. The van der Waals surface area contributed by atoms with Gasteiger partial charge in [-0.1, -0.05) is 0 Å². The molecule has 1 unspecified atom stereocenters. The van der Waals surface area contributed by atoms with Gasteiger partial charge in [0, 0.05) is 25.5 Å². The molecule has 0 bridgehead atoms. The molecule has 1 saturated carbocycles. The second-order valence-electron chi connectivity index (χ2n) is 8.89. The monoisotopic (exact) mass is 438 g/mol. The summed E-state index contributed by atoms with van der Waals surface area (Å²) >= 11 is 0. The molecule has 1 amide bonds. The van der Waals surface area contributed by atoms with E-state index in [9.17, 15) is 18.4 Å². The second-order valence-corrected chi connectivity index (χ2v) is 8.89. The van der Waals surface area contributed by atoms with Crippen molar-refractivity contribution in [2.75, 3.05) is 13.7 Å². The third-order valence-corrected chi connectivity index (χ3v) is 5.16. The summed E-state index contributed by atoms with van der Waals surface area (Å²) in [4.78, 5) is 29.0. The summed E-state index contributed by atoms with van der Waals surface area (Å²) in [6.45, 7) is 5.16. The molecule has 8 nitrogen and oxygen atoms in total. The van der Waals surface area contributed by atoms with Gasteiger partial charge in [-0.25, -0.2) is 23.1 Å². The third-order valence-electron chi connectivity index (χ3n) is 5.16. The van der Waals surface area contributed by atoms with Crippen LogP contribution in [-0.2, 0) is 9.47 Å². The maximum absolute atomic E-state index is 13.7. The van der Waals surface area contributed by atoms with Crippen LogP contribution < -0.4 is 5.32 Å². The van der Waals surface area contributed by atoms with Crippen LogP contribution in [0, 0.1) is 5.92 Å². The minimum absolute atomic E-state index is 0.0788. The number of hydrogen-bond donors (Lipinski definition) is 1. The zero-order valence-electron chi connectivity index (χ0n) is 18.2. The van der Waals surface area contributed by atoms with E-state index in [0.717, 1.165) is 0 Å². The van der Waals surface area contributed by atoms with Crippen LogP contribution in [0.3, 0.4) is 0 Å². The fraction of sp³-hybridized carbons (Fsp3) is 0.619. The van der Waals surface area contributed by atoms with Gasteiger partial charge >= 0.3 is 6.09 Å². The molecule has 2 heterocycles. The van der Waals surface area contributed by atoms with Gasteiger partial charge in [-0.3, -0.25) is 4.79 Å². The minimum atomic E-state index is -2.69. The van der Waals surface area contributed by atoms with Crippen LogP contribution >= 0.6 is 0 Å². The van der Waals surface area contributed by atoms with E-state index in [0.29, 0.717) is 16.9 Å². The number of methoxy groups -OCH3 is 1. The Morgan fingerprint density at radius 1 is 1.32 bits per heavy atom. The maximum Gasteiger partial charge on any atom is 0.408 e. The first kappa shape index (κ1) is 23.1. The third kappa shape index (κ3) is 5.96. The van der Waals surface area contributed by atoms with Crippen LogP contribution in [0.5, 0.6) is 0 Å². The summed E-state index contributed by atoms with van der Waals surface area (Å²) in [6.07, 6.45) is 2.40. The van der Waals surface area contributed by atoms with E-state index in [1.165, 1.54) is 17.8 Å². The SMILES string of the molecule is COCC(=O)c1cnn2cc(C(NC(=O)OC(C)(C)C)C3CCC(F)(F)CC3)nc2c1. The molecular formula is C21H28F2N4O4. The first-order valence-corrected chi connectivity index (χ1v) is 10.2. The lowest BCUT2D eigenvalue weighted by atomic mass is 9.81. The van der Waals surface area contributed by atoms with Gasteiger partial charge in [-0.2, -0.15) is 5.10 Å². The van der Waals surface area contributed by atoms with Gasteiger partial charge in [0.15, 0.2) is 11.4 Å². The van der Waals surface area contributed by atoms with Crippen LogP contribution in [-0.4, -0.2) is 51.7 Å². The number of nitrogens with one attached hydrogen (secondary N) is 1. The molecule has 1 fully saturated rings. The number of ketones is 1. The summed E-state index contributed by atoms with van der Waals surface area (Å²) in [7, 11) is 1.43. The van der Waals surface area contributed by atoms with Crippen LogP contribution in [0.2, 0.25) is 0 Å². The molecule has 0 aliphatic heterocycles. The first-order valence-electron chi connectivity index (χ1n) is 10.2. The number of ether oxygens (including phenoxy) is 2. The Balaban J connectivity index is 1.89. The number of amides is 1. The molecule has 0 saturated heterocycles. The minimum Gasteiger partial charge on any atom is -0.444 e. The maximum atomic E-state index is 13.7. The lowest BCUT2D eigenvalue weighted by Gasteiger charge is -2.33. The van der Waals surface area contributed by atoms with Gasteiger partial charge in [0.25, 0.3) is 0 Å². The fourth-order valence-electron chi connectivity index (χ4n) is 3.68. The zero-order chi connectivity index (χ0) is 22.8. The molecular weight excluding hydrogens is 410 g/mol. The Labute approximate surface area is 179 Å². The van der Waals surface area contributed by atoms with E-state index in [1.807, 2.05) is 0 Å². The number of imidazole rings is 1. The number of carbonyl (C=O) groups is 2. The van der Waals surface area contributed by atoms with Gasteiger partial charge in [0.05, 0.1) is 24.1 Å². The largest absolute Gasteiger partial charge is 0.444 e. The Bertz CT molecular complexity index is 944. The predicted octanol–water partition coefficient (Wildman–Crippen LogP) is 3.95. The van der Waals surface area contributed by atoms with E-state index in [1.54, 1.807) is 33.0 Å². The van der Waals surface area contributed by atoms with E-state index < -0.39 is 23.7 Å². The quantitative estimate of drug-likeness (QED) is 0.687. The number of fused-ring (bicyclic) bond motifs is 1. The molecule has 0 spiro atoms. The van der Waals surface area contributed by atoms with Gasteiger partial charge < -0.3 is 14.8 Å². The number of Topliss-reactive ketones (excluding diaryl/α,β-unsaturated/α-hetero) is 1. The number of nitrogens with zero attached hydrogens (tertiary/aromatic N) is 3. The van der Waals surface area contributed by atoms with Crippen LogP contribution in [0.25, 0.3) is 5.65 Å². The smallest absolute Gasteiger partial charge is 0.408 e. The highest BCUT2D eigenvalue weighted by Gasteiger charge is 2.39. The lowest BCUT2D eigenvalue weighted by molar-refractivity contribution is -0.0500. The molecule has 1 aliphatic rings. The van der Waals surface area contributed by atoms with E-state index in [-0.39, 0.29) is 44.0 Å². The lowest BCUT2D eigenvalue weighted by Crippen LogP contribution is -2.40. The van der Waals surface area contributed by atoms with Crippen molar-refractivity contribution < 1.29 is 27.8 Å². The van der Waals surface area contributed by atoms with Crippen molar-refractivity contribution in [2.45, 2.75) is 64.0 Å². The average molecular weight is 438 g/mol. The second kappa shape index (κ2) is 8.86. The summed E-state index contributed by atoms with van der Waals surface area (Å²) < 4.78 is 39.1.